The monoisotopic (exact) mass is 2030 g/mol. The highest BCUT2D eigenvalue weighted by Crippen LogP contribution is 2.26. The lowest BCUT2D eigenvalue weighted by molar-refractivity contribution is -0.662. The number of para-hydroxylation sites is 3. The SMILES string of the molecule is CC(=O)C(F)(F)F.CC(=O)C(F)(F)F.Cc1ccc(CCN(Cc2ccnc3ccccc23)Cc2nncn2Cc2ccc(C#N)cc2)cc1.N#Cc1ccc(Cn2cnnc2CN(CCc2ccc(Br)cc2)C(=O)c2c[n+](Cc3ccc(C#N)cc3)c3ccccc3n2)cc1.N#Cc1ccc(Cn2cnnc2CN(CCc2ccc(Br)cc2)C(=O)c2ccc3c(ccc[n+]3Cc3ccc(C#N)cc3)c2)cc1. The fourth-order valence-electron chi connectivity index (χ4n) is 15.0. The Hall–Kier alpha value is -16.8. The molecule has 0 radical (unpaired) electrons. The van der Waals surface area contributed by atoms with Gasteiger partial charge in [0, 0.05) is 101 Å². The molecule has 0 aliphatic carbocycles. The summed E-state index contributed by atoms with van der Waals surface area (Å²) in [7, 11) is 0. The molecule has 0 spiro atoms. The van der Waals surface area contributed by atoms with Crippen LogP contribution in [0.2, 0.25) is 0 Å². The average molecular weight is 2030 g/mol. The number of aromatic nitrogens is 13. The highest BCUT2D eigenvalue weighted by molar-refractivity contribution is 9.10. The van der Waals surface area contributed by atoms with Crippen molar-refractivity contribution in [1.29, 1.82) is 26.3 Å². The molecule has 6 heterocycles. The molecule has 0 fully saturated rings. The van der Waals surface area contributed by atoms with Crippen LogP contribution in [0.5, 0.6) is 0 Å². The number of rotatable bonds is 29. The summed E-state index contributed by atoms with van der Waals surface area (Å²) >= 11 is 7.00. The molecule has 0 saturated carbocycles. The summed E-state index contributed by atoms with van der Waals surface area (Å²) < 4.78 is 77.1. The Morgan fingerprint density at radius 2 is 0.789 bits per heavy atom. The predicted molar refractivity (Wildman–Crippen MR) is 527 cm³/mol. The number of fused-ring (bicyclic) bond motifs is 3. The molecule has 25 nitrogen and oxygen atoms in total. The third-order valence-electron chi connectivity index (χ3n) is 22.9. The Morgan fingerprint density at radius 3 is 1.23 bits per heavy atom. The molecule has 6 aromatic heterocycles. The lowest BCUT2D eigenvalue weighted by Crippen LogP contribution is -2.40. The van der Waals surface area contributed by atoms with Crippen molar-refractivity contribution in [3.05, 3.63) is 438 Å². The maximum absolute atomic E-state index is 14.3. The number of amides is 2. The summed E-state index contributed by atoms with van der Waals surface area (Å²) in [6, 6.07) is 101. The number of nitrogens with zero attached hydrogens (tertiary/aromatic N) is 21. The van der Waals surface area contributed by atoms with Crippen LogP contribution in [-0.4, -0.2) is 124 Å². The number of carbonyl (C=O) groups excluding carboxylic acids is 4. The summed E-state index contributed by atoms with van der Waals surface area (Å²) in [4.78, 5) is 62.5. The van der Waals surface area contributed by atoms with Gasteiger partial charge in [-0.25, -0.2) is 4.98 Å². The van der Waals surface area contributed by atoms with Gasteiger partial charge in [0.1, 0.15) is 30.3 Å². The second-order valence-corrected chi connectivity index (χ2v) is 34.9. The van der Waals surface area contributed by atoms with Gasteiger partial charge in [0.05, 0.1) is 103 Å². The first kappa shape index (κ1) is 103. The number of benzene rings is 11. The van der Waals surface area contributed by atoms with Gasteiger partial charge in [-0.2, -0.15) is 61.8 Å². The summed E-state index contributed by atoms with van der Waals surface area (Å²) in [5.74, 6) is -1.59. The lowest BCUT2D eigenvalue weighted by Gasteiger charge is -2.23. The molecule has 0 aliphatic heterocycles. The largest absolute Gasteiger partial charge is 0.449 e. The van der Waals surface area contributed by atoms with Gasteiger partial charge in [-0.05, 0) is 186 Å². The van der Waals surface area contributed by atoms with Crippen LogP contribution in [-0.2, 0) is 87.8 Å². The second-order valence-electron chi connectivity index (χ2n) is 33.1. The second kappa shape index (κ2) is 49.5. The first-order chi connectivity index (χ1) is 68.5. The van der Waals surface area contributed by atoms with Crippen LogP contribution < -0.4 is 9.13 Å². The molecule has 33 heteroatoms. The zero-order valence-corrected chi connectivity index (χ0v) is 80.3. The molecule has 142 heavy (non-hydrogen) atoms. The van der Waals surface area contributed by atoms with Gasteiger partial charge in [0.25, 0.3) is 11.8 Å². The van der Waals surface area contributed by atoms with Crippen molar-refractivity contribution < 1.29 is 54.7 Å². The van der Waals surface area contributed by atoms with Crippen molar-refractivity contribution >= 4 is 88.1 Å². The van der Waals surface area contributed by atoms with Gasteiger partial charge in [-0.3, -0.25) is 29.1 Å². The van der Waals surface area contributed by atoms with Crippen LogP contribution >= 0.6 is 31.9 Å². The third-order valence-corrected chi connectivity index (χ3v) is 23.9. The number of nitriles is 5. The summed E-state index contributed by atoms with van der Waals surface area (Å²) in [5.41, 5.74) is 18.9. The van der Waals surface area contributed by atoms with Gasteiger partial charge < -0.3 is 23.5 Å². The van der Waals surface area contributed by atoms with Gasteiger partial charge in [-0.1, -0.05) is 177 Å². The van der Waals surface area contributed by atoms with Crippen molar-refractivity contribution in [1.82, 2.24) is 69.0 Å². The highest BCUT2D eigenvalue weighted by atomic mass is 79.9. The van der Waals surface area contributed by atoms with Gasteiger partial charge in [0.15, 0.2) is 36.6 Å². The molecule has 17 rings (SSSR count). The van der Waals surface area contributed by atoms with Crippen LogP contribution in [0, 0.1) is 63.6 Å². The van der Waals surface area contributed by atoms with Gasteiger partial charge >= 0.3 is 12.4 Å². The molecular weight excluding hydrogens is 1940 g/mol. The zero-order valence-electron chi connectivity index (χ0n) is 77.2. The van der Waals surface area contributed by atoms with E-state index in [0.29, 0.717) is 135 Å². The van der Waals surface area contributed by atoms with E-state index in [0.717, 1.165) is 95.2 Å². The molecule has 2 amide bonds. The zero-order chi connectivity index (χ0) is 101. The number of hydrogen-bond donors (Lipinski definition) is 0. The molecule has 0 atom stereocenters. The number of Topliss-reactive ketones (excluding diaryl/α,β-unsaturated/α-hetero) is 2. The quantitative estimate of drug-likeness (QED) is 0.0310. The van der Waals surface area contributed by atoms with E-state index in [1.54, 1.807) is 66.5 Å². The summed E-state index contributed by atoms with van der Waals surface area (Å²) in [6.45, 7) is 9.75. The first-order valence-corrected chi connectivity index (χ1v) is 46.2. The highest BCUT2D eigenvalue weighted by Gasteiger charge is 2.35. The molecule has 710 valence electrons. The third kappa shape index (κ3) is 29.6. The van der Waals surface area contributed by atoms with E-state index in [9.17, 15) is 50.8 Å². The topological polar surface area (TPSA) is 323 Å². The standard InChI is InChI=1S/C37H29BrN7O.C36H28BrN8O.C30H28N6.2C3H3F3O/c38-34-14-11-27(12-15-34)17-19-44(25-36-42-41-26-45(36)24-31-9-5-29(22-40)6-10-31)37(46)33-13-16-35-32(20-33)2-1-18-43(35)23-30-7-3-28(21-39)4-8-30;37-31-15-13-26(14-16-31)17-18-43(24-35-42-40-25-45(35)22-30-11-7-28(20-39)8-12-30)36(46)33-23-44(34-4-2-1-3-32(34)41-33)21-29-9-5-27(19-38)6-10-29;1-23-6-8-24(9-7-23)15-17-35(20-27-14-16-32-29-5-3-2-4-28(27)29)21-30-34-33-22-36(30)19-26-12-10-25(18-31)11-13-26;2*1-2(7)3(4,5)6/h1-16,18,20,26H,17,19,23-25H2;1-16,23,25H,17-18,21-22,24H2;2-14,16,22H,15,17,19-21H2,1H3;2*1H3/q2*+1;;;. The van der Waals surface area contributed by atoms with Crippen LogP contribution in [0.3, 0.4) is 0 Å². The number of hydrogen-bond acceptors (Lipinski definition) is 18. The molecule has 0 aliphatic rings. The van der Waals surface area contributed by atoms with Crippen molar-refractivity contribution in [2.75, 3.05) is 19.6 Å². The van der Waals surface area contributed by atoms with Crippen LogP contribution in [0.4, 0.5) is 26.3 Å². The van der Waals surface area contributed by atoms with E-state index in [1.165, 1.54) is 22.1 Å². The van der Waals surface area contributed by atoms with Gasteiger partial charge in [0.2, 0.25) is 28.8 Å². The number of alkyl halides is 6. The van der Waals surface area contributed by atoms with Crippen molar-refractivity contribution in [3.63, 3.8) is 0 Å². The minimum atomic E-state index is -4.64. The maximum atomic E-state index is 14.3. The number of aryl methyl sites for hydroxylation is 1. The number of pyridine rings is 2. The van der Waals surface area contributed by atoms with E-state index in [4.69, 9.17) is 26.0 Å². The van der Waals surface area contributed by atoms with E-state index in [1.807, 2.05) is 213 Å². The molecule has 0 saturated heterocycles. The Kier molecular flexibility index (Phi) is 35.8. The Bertz CT molecular complexity index is 7420. The smallest absolute Gasteiger partial charge is 0.331 e. The Labute approximate surface area is 831 Å². The molecule has 0 bridgehead atoms. The van der Waals surface area contributed by atoms with Crippen molar-refractivity contribution in [3.8, 4) is 30.3 Å². The number of ketones is 2. The number of halogens is 8. The van der Waals surface area contributed by atoms with Crippen LogP contribution in [0.15, 0.2) is 326 Å². The van der Waals surface area contributed by atoms with Crippen LogP contribution in [0.25, 0.3) is 32.8 Å². The van der Waals surface area contributed by atoms with Gasteiger partial charge in [-0.15, -0.1) is 30.6 Å². The predicted octanol–water partition coefficient (Wildman–Crippen LogP) is 19.4. The molecule has 0 N–H and O–H groups in total. The normalized spacial score (nSPS) is 10.9. The molecule has 17 aromatic rings. The minimum Gasteiger partial charge on any atom is -0.331 e. The fourth-order valence-corrected chi connectivity index (χ4v) is 15.5. The first-order valence-electron chi connectivity index (χ1n) is 44.6. The summed E-state index contributed by atoms with van der Waals surface area (Å²) in [5, 5.41) is 73.6. The van der Waals surface area contributed by atoms with Crippen molar-refractivity contribution in [2.45, 2.75) is 111 Å². The average Bonchev–Trinajstić information content (AvgIpc) is 1.25. The lowest BCUT2D eigenvalue weighted by atomic mass is 10.1. The van der Waals surface area contributed by atoms with E-state index >= 15 is 0 Å². The Balaban J connectivity index is 0.000000168. The molecule has 11 aromatic carbocycles. The minimum absolute atomic E-state index is 0.0885. The van der Waals surface area contributed by atoms with E-state index in [2.05, 4.69) is 179 Å². The Morgan fingerprint density at radius 1 is 0.401 bits per heavy atom. The van der Waals surface area contributed by atoms with Crippen molar-refractivity contribution in [2.24, 2.45) is 0 Å². The summed E-state index contributed by atoms with van der Waals surface area (Å²) in [6.07, 6.45) is 3.83. The number of carbonyl (C=O) groups is 4. The van der Waals surface area contributed by atoms with E-state index in [-0.39, 0.29) is 24.9 Å². The van der Waals surface area contributed by atoms with E-state index < -0.39 is 23.9 Å². The molecule has 0 unspecified atom stereocenters. The van der Waals surface area contributed by atoms with Crippen LogP contribution in [0.1, 0.15) is 136 Å². The fraction of sp³-hybridized carbons (Fsp3) is 0.183. The molecular formula is C109H91Br2F6N21O4+2. The maximum Gasteiger partial charge on any atom is 0.449 e.